The number of aromatic nitrogens is 2. The number of thioether (sulfide) groups is 1. The Morgan fingerprint density at radius 1 is 1.00 bits per heavy atom. The van der Waals surface area contributed by atoms with E-state index in [1.54, 1.807) is 18.2 Å². The molecule has 6 rings (SSSR count). The summed E-state index contributed by atoms with van der Waals surface area (Å²) < 4.78 is 41.6. The monoisotopic (exact) mass is 664 g/mol. The molecule has 2 aromatic heterocycles. The lowest BCUT2D eigenvalue weighted by Crippen LogP contribution is -2.33. The molecule has 0 radical (unpaired) electrons. The third kappa shape index (κ3) is 5.35. The highest BCUT2D eigenvalue weighted by Crippen LogP contribution is 2.54. The van der Waals surface area contributed by atoms with Gasteiger partial charge in [0, 0.05) is 28.9 Å². The minimum Gasteiger partial charge on any atom is -0.324 e. The van der Waals surface area contributed by atoms with Crippen molar-refractivity contribution >= 4 is 75.4 Å². The number of fused-ring (bicyclic) bond motifs is 2. The first-order chi connectivity index (χ1) is 20.4. The third-order valence-corrected chi connectivity index (χ3v) is 10.4. The Hall–Kier alpha value is -3.65. The lowest BCUT2D eigenvalue weighted by Gasteiger charge is -2.30. The van der Waals surface area contributed by atoms with Crippen LogP contribution in [0.5, 0.6) is 0 Å². The second-order valence-electron chi connectivity index (χ2n) is 9.69. The number of carbonyl (C=O) groups is 3. The molecule has 0 spiro atoms. The average Bonchev–Trinajstić information content (AvgIpc) is 3.41. The molecule has 2 aliphatic rings. The van der Waals surface area contributed by atoms with Crippen LogP contribution in [0.15, 0.2) is 76.8 Å². The fraction of sp³-hybridized carbons (Fsp3) is 0.179. The first kappa shape index (κ1) is 29.4. The lowest BCUT2D eigenvalue weighted by molar-refractivity contribution is -0.137. The highest BCUT2D eigenvalue weighted by molar-refractivity contribution is 8.00. The van der Waals surface area contributed by atoms with Crippen LogP contribution in [0.4, 0.5) is 24.5 Å². The maximum atomic E-state index is 13.9. The van der Waals surface area contributed by atoms with Crippen molar-refractivity contribution in [2.24, 2.45) is 5.92 Å². The van der Waals surface area contributed by atoms with Crippen molar-refractivity contribution in [3.05, 3.63) is 103 Å². The second-order valence-corrected chi connectivity index (χ2v) is 12.6. The van der Waals surface area contributed by atoms with Gasteiger partial charge in [-0.05, 0) is 48.0 Å². The molecule has 4 heterocycles. The number of rotatable bonds is 5. The fourth-order valence-corrected chi connectivity index (χ4v) is 8.24. The first-order valence-corrected chi connectivity index (χ1v) is 15.0. The van der Waals surface area contributed by atoms with Gasteiger partial charge in [0.15, 0.2) is 0 Å². The largest absolute Gasteiger partial charge is 0.416 e. The molecule has 1 fully saturated rings. The van der Waals surface area contributed by atoms with Crippen LogP contribution in [0.3, 0.4) is 0 Å². The molecule has 15 heteroatoms. The van der Waals surface area contributed by atoms with Crippen LogP contribution in [0.1, 0.15) is 21.9 Å². The molecule has 4 aromatic rings. The lowest BCUT2D eigenvalue weighted by atomic mass is 9.84. The van der Waals surface area contributed by atoms with E-state index in [9.17, 15) is 32.3 Å². The van der Waals surface area contributed by atoms with Gasteiger partial charge in [-0.2, -0.15) is 13.2 Å². The summed E-state index contributed by atoms with van der Waals surface area (Å²) in [6.07, 6.45) is -1.64. The van der Waals surface area contributed by atoms with E-state index in [1.165, 1.54) is 35.2 Å². The number of nitrogens with one attached hydrogen (secondary N) is 1. The summed E-state index contributed by atoms with van der Waals surface area (Å²) in [4.78, 5) is 58.7. The number of carbonyl (C=O) groups excluding carboxylic acids is 3. The number of nitrogens with zero attached hydrogens (tertiary/aromatic N) is 3. The molecule has 0 aliphatic carbocycles. The van der Waals surface area contributed by atoms with E-state index < -0.39 is 58.0 Å². The third-order valence-electron chi connectivity index (χ3n) is 7.03. The molecule has 8 nitrogen and oxygen atoms in total. The molecule has 0 saturated carbocycles. The molecule has 3 amide bonds. The number of hydrogen-bond acceptors (Lipinski definition) is 7. The summed E-state index contributed by atoms with van der Waals surface area (Å²) in [7, 11) is 0. The van der Waals surface area contributed by atoms with Gasteiger partial charge in [0.05, 0.1) is 32.2 Å². The van der Waals surface area contributed by atoms with Crippen molar-refractivity contribution < 1.29 is 27.6 Å². The van der Waals surface area contributed by atoms with Gasteiger partial charge in [-0.25, -0.2) is 4.90 Å². The Morgan fingerprint density at radius 3 is 2.49 bits per heavy atom. The topological polar surface area (TPSA) is 101 Å². The van der Waals surface area contributed by atoms with Gasteiger partial charge in [-0.3, -0.25) is 28.7 Å². The Kier molecular flexibility index (Phi) is 7.61. The number of halogens is 5. The summed E-state index contributed by atoms with van der Waals surface area (Å²) in [5.74, 6) is -3.80. The predicted molar refractivity (Wildman–Crippen MR) is 157 cm³/mol. The fourth-order valence-electron chi connectivity index (χ4n) is 5.17. The zero-order valence-electron chi connectivity index (χ0n) is 21.5. The number of pyridine rings is 1. The summed E-state index contributed by atoms with van der Waals surface area (Å²) in [5.41, 5.74) is -0.310. The molecule has 2 aromatic carbocycles. The number of amides is 3. The number of anilines is 2. The maximum Gasteiger partial charge on any atom is 0.416 e. The van der Waals surface area contributed by atoms with Gasteiger partial charge in [0.1, 0.15) is 11.8 Å². The molecule has 2 unspecified atom stereocenters. The molecule has 3 atom stereocenters. The molecule has 2 aliphatic heterocycles. The van der Waals surface area contributed by atoms with E-state index in [-0.39, 0.29) is 10.7 Å². The first-order valence-electron chi connectivity index (χ1n) is 12.5. The van der Waals surface area contributed by atoms with E-state index in [4.69, 9.17) is 23.2 Å². The van der Waals surface area contributed by atoms with Crippen molar-refractivity contribution in [3.8, 4) is 0 Å². The van der Waals surface area contributed by atoms with Gasteiger partial charge in [0.2, 0.25) is 17.7 Å². The molecule has 220 valence electrons. The quantitative estimate of drug-likeness (QED) is 0.260. The van der Waals surface area contributed by atoms with Crippen LogP contribution >= 0.6 is 46.3 Å². The van der Waals surface area contributed by atoms with Crippen molar-refractivity contribution in [2.45, 2.75) is 28.9 Å². The van der Waals surface area contributed by atoms with Crippen molar-refractivity contribution in [2.75, 3.05) is 10.2 Å². The zero-order valence-corrected chi connectivity index (χ0v) is 24.6. The highest BCUT2D eigenvalue weighted by Gasteiger charge is 2.57. The second kappa shape index (κ2) is 11.1. The van der Waals surface area contributed by atoms with E-state index >= 15 is 0 Å². The van der Waals surface area contributed by atoms with Crippen molar-refractivity contribution in [3.63, 3.8) is 0 Å². The Morgan fingerprint density at radius 2 is 1.79 bits per heavy atom. The number of thiazole rings is 1. The van der Waals surface area contributed by atoms with Crippen molar-refractivity contribution in [1.82, 2.24) is 9.55 Å². The number of alkyl halides is 3. The Balaban J connectivity index is 1.39. The van der Waals surface area contributed by atoms with Crippen LogP contribution in [-0.2, 0) is 27.1 Å². The van der Waals surface area contributed by atoms with Crippen LogP contribution in [0, 0.1) is 5.92 Å². The zero-order chi connectivity index (χ0) is 30.6. The standard InChI is InChI=1S/C28H17Cl2F3N4O4S2/c29-17-7-6-15(10-18(17)30)35-19(38)12-36-26-23(43-27(36)41)20(13-3-2-8-34-11-13)21-22(42-26)25(40)37(24(21)39)16-5-1-4-14(9-16)28(31,32)33/h1-11,20-22H,12H2,(H,35,38)/t20-,21?,22?/m1/s1. The normalized spacial score (nSPS) is 19.7. The van der Waals surface area contributed by atoms with E-state index in [0.29, 0.717) is 26.2 Å². The van der Waals surface area contributed by atoms with Crippen LogP contribution < -0.4 is 15.1 Å². The minimum absolute atomic E-state index is 0.202. The van der Waals surface area contributed by atoms with Crippen LogP contribution in [-0.4, -0.2) is 32.5 Å². The molecule has 43 heavy (non-hydrogen) atoms. The smallest absolute Gasteiger partial charge is 0.324 e. The van der Waals surface area contributed by atoms with Gasteiger partial charge in [-0.15, -0.1) is 0 Å². The molecule has 0 bridgehead atoms. The van der Waals surface area contributed by atoms with E-state index in [2.05, 4.69) is 10.3 Å². The van der Waals surface area contributed by atoms with Gasteiger partial charge >= 0.3 is 11.0 Å². The van der Waals surface area contributed by atoms with Crippen LogP contribution in [0.25, 0.3) is 0 Å². The van der Waals surface area contributed by atoms with E-state index in [0.717, 1.165) is 46.2 Å². The predicted octanol–water partition coefficient (Wildman–Crippen LogP) is 6.06. The summed E-state index contributed by atoms with van der Waals surface area (Å²) in [6, 6.07) is 11.9. The van der Waals surface area contributed by atoms with Crippen molar-refractivity contribution in [1.29, 1.82) is 0 Å². The Bertz CT molecular complexity index is 1850. The maximum absolute atomic E-state index is 13.9. The summed E-state index contributed by atoms with van der Waals surface area (Å²) >= 11 is 13.8. The van der Waals surface area contributed by atoms with Gasteiger partial charge in [0.25, 0.3) is 0 Å². The number of imide groups is 1. The van der Waals surface area contributed by atoms with E-state index in [1.807, 2.05) is 0 Å². The highest BCUT2D eigenvalue weighted by atomic mass is 35.5. The number of hydrogen-bond donors (Lipinski definition) is 1. The Labute approximate surface area is 259 Å². The molecular formula is C28H17Cl2F3N4O4S2. The molecule has 1 saturated heterocycles. The van der Waals surface area contributed by atoms with Crippen LogP contribution in [0.2, 0.25) is 10.0 Å². The number of benzene rings is 2. The van der Waals surface area contributed by atoms with Gasteiger partial charge < -0.3 is 5.32 Å². The molecular weight excluding hydrogens is 648 g/mol. The SMILES string of the molecule is O=C(Cn1c2c(sc1=O)[C@H](c1cccnc1)C1C(=O)N(c3cccc(C(F)(F)F)c3)C(=O)C1S2)Nc1ccc(Cl)c(Cl)c1. The summed E-state index contributed by atoms with van der Waals surface area (Å²) in [6.45, 7) is -0.408. The summed E-state index contributed by atoms with van der Waals surface area (Å²) in [5, 5.41) is 2.42. The minimum atomic E-state index is -4.68. The average molecular weight is 666 g/mol. The van der Waals surface area contributed by atoms with Gasteiger partial charge in [-0.1, -0.05) is 58.4 Å². The molecule has 1 N–H and O–H groups in total.